The van der Waals surface area contributed by atoms with Crippen LogP contribution in [0, 0.1) is 5.92 Å². The average Bonchev–Trinajstić information content (AvgIpc) is 3.14. The lowest BCUT2D eigenvalue weighted by atomic mass is 9.95. The molecule has 2 aromatic heterocycles. The molecule has 2 aliphatic rings. The molecule has 0 saturated carbocycles. The quantitative estimate of drug-likeness (QED) is 0.859. The van der Waals surface area contributed by atoms with E-state index in [4.69, 9.17) is 0 Å². The Morgan fingerprint density at radius 2 is 2.29 bits per heavy atom. The van der Waals surface area contributed by atoms with Crippen LogP contribution >= 0.6 is 0 Å². The van der Waals surface area contributed by atoms with Crippen LogP contribution in [0.1, 0.15) is 18.4 Å². The van der Waals surface area contributed by atoms with Crippen LogP contribution in [0.2, 0.25) is 0 Å². The molecular formula is C19H22F3N5O+2. The van der Waals surface area contributed by atoms with Gasteiger partial charge in [-0.05, 0) is 12.8 Å². The average molecular weight is 393 g/mol. The first kappa shape index (κ1) is 18.7. The van der Waals surface area contributed by atoms with E-state index in [-0.39, 0.29) is 0 Å². The van der Waals surface area contributed by atoms with Crippen molar-refractivity contribution in [1.29, 1.82) is 0 Å². The van der Waals surface area contributed by atoms with Crippen molar-refractivity contribution in [3.05, 3.63) is 30.2 Å². The molecule has 0 aromatic carbocycles. The smallest absolute Gasteiger partial charge is 0.370 e. The van der Waals surface area contributed by atoms with Gasteiger partial charge in [0.15, 0.2) is 6.20 Å². The molecular weight excluding hydrogens is 371 g/mol. The van der Waals surface area contributed by atoms with Gasteiger partial charge in [-0.2, -0.15) is 18.2 Å². The molecule has 0 bridgehead atoms. The zero-order valence-electron chi connectivity index (χ0n) is 15.5. The molecule has 6 nitrogen and oxygen atoms in total. The van der Waals surface area contributed by atoms with E-state index in [0.717, 1.165) is 45.8 Å². The van der Waals surface area contributed by atoms with E-state index in [9.17, 15) is 18.0 Å². The molecule has 1 atom stereocenters. The van der Waals surface area contributed by atoms with Gasteiger partial charge in [-0.25, -0.2) is 4.98 Å². The fourth-order valence-corrected chi connectivity index (χ4v) is 4.08. The summed E-state index contributed by atoms with van der Waals surface area (Å²) in [5.74, 6) is -0.00540. The number of nitrogens with one attached hydrogen (secondary N) is 1. The summed E-state index contributed by atoms with van der Waals surface area (Å²) in [4.78, 5) is 23.1. The molecule has 1 unspecified atom stereocenters. The maximum atomic E-state index is 12.7. The van der Waals surface area contributed by atoms with Crippen molar-refractivity contribution in [3.8, 4) is 0 Å². The molecule has 9 heteroatoms. The summed E-state index contributed by atoms with van der Waals surface area (Å²) < 4.78 is 38.0. The molecule has 0 spiro atoms. The predicted molar refractivity (Wildman–Crippen MR) is 97.5 cm³/mol. The highest BCUT2D eigenvalue weighted by Crippen LogP contribution is 2.34. The zero-order chi connectivity index (χ0) is 19.9. The minimum Gasteiger partial charge on any atom is -0.370 e. The summed E-state index contributed by atoms with van der Waals surface area (Å²) in [6, 6.07) is 1.96. The van der Waals surface area contributed by atoms with E-state index in [1.807, 2.05) is 29.9 Å². The number of amides is 1. The molecule has 1 fully saturated rings. The topological polar surface area (TPSA) is 67.2 Å². The SMILES string of the molecule is CN(CC(F)(F)F)C(=O)C1CCCN(c2cc[nH+]c3cnc4c(c23)C=C[NH2+]4)C1. The van der Waals surface area contributed by atoms with Gasteiger partial charge in [0.05, 0.1) is 28.8 Å². The van der Waals surface area contributed by atoms with Gasteiger partial charge in [-0.15, -0.1) is 0 Å². The van der Waals surface area contributed by atoms with Crippen molar-refractivity contribution >= 4 is 34.4 Å². The maximum Gasteiger partial charge on any atom is 0.406 e. The van der Waals surface area contributed by atoms with E-state index < -0.39 is 24.5 Å². The van der Waals surface area contributed by atoms with E-state index in [1.54, 1.807) is 6.20 Å². The second-order valence-corrected chi connectivity index (χ2v) is 7.33. The summed E-state index contributed by atoms with van der Waals surface area (Å²) >= 11 is 0. The van der Waals surface area contributed by atoms with E-state index in [2.05, 4.69) is 14.9 Å². The molecule has 1 saturated heterocycles. The first-order chi connectivity index (χ1) is 13.3. The number of alkyl halides is 3. The standard InChI is InChI=1S/C19H20F3N5O/c1-26(11-19(20,21)22)18(28)12-3-2-8-27(10-12)15-5-7-23-14-9-25-17-13(16(14)15)4-6-24-17/h4-7,9,12H,2-3,8,10-11H2,1H3,(H,24,25)/p+2. The van der Waals surface area contributed by atoms with Gasteiger partial charge in [0.2, 0.25) is 17.2 Å². The summed E-state index contributed by atoms with van der Waals surface area (Å²) in [5.41, 5.74) is 2.88. The monoisotopic (exact) mass is 393 g/mol. The van der Waals surface area contributed by atoms with Crippen molar-refractivity contribution in [2.24, 2.45) is 5.92 Å². The fourth-order valence-electron chi connectivity index (χ4n) is 4.08. The minimum absolute atomic E-state index is 0.407. The number of hydrogen-bond donors (Lipinski definition) is 1. The number of aromatic nitrogens is 2. The molecule has 3 N–H and O–H groups in total. The van der Waals surface area contributed by atoms with Crippen molar-refractivity contribution in [2.75, 3.05) is 31.6 Å². The second kappa shape index (κ2) is 7.05. The molecule has 4 rings (SSSR count). The molecule has 0 aliphatic carbocycles. The van der Waals surface area contributed by atoms with Gasteiger partial charge in [0.25, 0.3) is 0 Å². The second-order valence-electron chi connectivity index (χ2n) is 7.33. The Bertz CT molecular complexity index is 943. The van der Waals surface area contributed by atoms with Gasteiger partial charge in [-0.3, -0.25) is 10.1 Å². The van der Waals surface area contributed by atoms with Gasteiger partial charge in [-0.1, -0.05) is 0 Å². The number of piperidine rings is 1. The van der Waals surface area contributed by atoms with Gasteiger partial charge in [0, 0.05) is 32.3 Å². The molecule has 148 valence electrons. The van der Waals surface area contributed by atoms with Crippen LogP contribution in [-0.4, -0.2) is 48.6 Å². The largest absolute Gasteiger partial charge is 0.406 e. The number of rotatable bonds is 3. The Kier molecular flexibility index (Phi) is 4.70. The lowest BCUT2D eigenvalue weighted by Gasteiger charge is -2.35. The van der Waals surface area contributed by atoms with Gasteiger partial charge >= 0.3 is 6.18 Å². The normalized spacial score (nSPS) is 19.1. The van der Waals surface area contributed by atoms with Crippen molar-refractivity contribution in [3.63, 3.8) is 0 Å². The third kappa shape index (κ3) is 3.54. The highest BCUT2D eigenvalue weighted by molar-refractivity contribution is 5.99. The first-order valence-electron chi connectivity index (χ1n) is 9.25. The molecule has 28 heavy (non-hydrogen) atoms. The molecule has 2 aromatic rings. The van der Waals surface area contributed by atoms with Crippen LogP contribution < -0.4 is 15.2 Å². The van der Waals surface area contributed by atoms with Crippen LogP contribution in [0.25, 0.3) is 17.0 Å². The number of pyridine rings is 2. The number of nitrogens with zero attached hydrogens (tertiary/aromatic N) is 3. The number of anilines is 1. The van der Waals surface area contributed by atoms with Crippen LogP contribution in [-0.2, 0) is 4.79 Å². The number of carbonyl (C=O) groups excluding carboxylic acids is 1. The minimum atomic E-state index is -4.39. The molecule has 2 aliphatic heterocycles. The Hall–Kier alpha value is -2.68. The van der Waals surface area contributed by atoms with E-state index in [1.165, 1.54) is 7.05 Å². The summed E-state index contributed by atoms with van der Waals surface area (Å²) in [7, 11) is 1.22. The number of fused-ring (bicyclic) bond motifs is 3. The zero-order valence-corrected chi connectivity index (χ0v) is 15.5. The molecule has 1 amide bonds. The maximum absolute atomic E-state index is 12.7. The van der Waals surface area contributed by atoms with E-state index in [0.29, 0.717) is 13.0 Å². The van der Waals surface area contributed by atoms with Crippen molar-refractivity contribution in [2.45, 2.75) is 19.0 Å². The van der Waals surface area contributed by atoms with Gasteiger partial charge < -0.3 is 9.80 Å². The number of hydrogen-bond acceptors (Lipinski definition) is 3. The van der Waals surface area contributed by atoms with E-state index >= 15 is 0 Å². The van der Waals surface area contributed by atoms with Crippen LogP contribution in [0.4, 0.5) is 24.7 Å². The third-order valence-corrected chi connectivity index (χ3v) is 5.30. The number of quaternary nitrogens is 1. The lowest BCUT2D eigenvalue weighted by Crippen LogP contribution is -2.70. The van der Waals surface area contributed by atoms with Crippen LogP contribution in [0.15, 0.2) is 24.7 Å². The van der Waals surface area contributed by atoms with Crippen LogP contribution in [0.3, 0.4) is 0 Å². The number of H-pyrrole nitrogens is 1. The number of carbonyl (C=O) groups is 1. The summed E-state index contributed by atoms with van der Waals surface area (Å²) in [5, 5.41) is 2.97. The van der Waals surface area contributed by atoms with Crippen molar-refractivity contribution in [1.82, 2.24) is 9.88 Å². The number of halogens is 3. The molecule has 0 radical (unpaired) electrons. The highest BCUT2D eigenvalue weighted by atomic mass is 19.4. The Morgan fingerprint density at radius 3 is 3.07 bits per heavy atom. The Morgan fingerprint density at radius 1 is 1.46 bits per heavy atom. The first-order valence-corrected chi connectivity index (χ1v) is 9.25. The fraction of sp³-hybridized carbons (Fsp3) is 0.421. The molecule has 4 heterocycles. The predicted octanol–water partition coefficient (Wildman–Crippen LogP) is 1.47. The summed E-state index contributed by atoms with van der Waals surface area (Å²) in [6.45, 7) is -0.0492. The Labute approximate surface area is 160 Å². The third-order valence-electron chi connectivity index (χ3n) is 5.30. The summed E-state index contributed by atoms with van der Waals surface area (Å²) in [6.07, 6.45) is 4.53. The van der Waals surface area contributed by atoms with Crippen molar-refractivity contribution < 1.29 is 28.3 Å². The van der Waals surface area contributed by atoms with Crippen LogP contribution in [0.5, 0.6) is 0 Å². The highest BCUT2D eigenvalue weighted by Gasteiger charge is 2.35. The number of nitrogens with two attached hydrogens (primary N) is 1. The lowest BCUT2D eigenvalue weighted by molar-refractivity contribution is -0.495. The number of aromatic amines is 1. The van der Waals surface area contributed by atoms with Gasteiger partial charge in [0.1, 0.15) is 12.7 Å². The Balaban J connectivity index is 1.61.